The van der Waals surface area contributed by atoms with E-state index >= 15 is 0 Å². The number of nitrogens with one attached hydrogen (secondary N) is 1. The summed E-state index contributed by atoms with van der Waals surface area (Å²) in [4.78, 5) is 14.5. The molecule has 0 amide bonds. The number of carbonyl (C=O) groups is 1. The van der Waals surface area contributed by atoms with E-state index in [2.05, 4.69) is 4.98 Å². The maximum Gasteiger partial charge on any atom is 0.184 e. The minimum absolute atomic E-state index is 0.0369. The van der Waals surface area contributed by atoms with E-state index in [0.29, 0.717) is 0 Å². The standard InChI is InChI=1S/C9H11NO/c1-9(4-5-9)8(11)7-3-2-6-10-7/h2-3,6,10H,4-5H2,1H3. The van der Waals surface area contributed by atoms with Gasteiger partial charge < -0.3 is 4.98 Å². The summed E-state index contributed by atoms with van der Waals surface area (Å²) in [5, 5.41) is 0. The summed E-state index contributed by atoms with van der Waals surface area (Å²) in [7, 11) is 0. The van der Waals surface area contributed by atoms with Crippen LogP contribution >= 0.6 is 0 Å². The summed E-state index contributed by atoms with van der Waals surface area (Å²) in [6.07, 6.45) is 3.88. The van der Waals surface area contributed by atoms with E-state index in [1.807, 2.05) is 19.1 Å². The van der Waals surface area contributed by atoms with Gasteiger partial charge in [0, 0.05) is 11.6 Å². The average molecular weight is 149 g/mol. The second-order valence-electron chi connectivity index (χ2n) is 3.47. The molecule has 2 rings (SSSR count). The lowest BCUT2D eigenvalue weighted by Gasteiger charge is -2.03. The van der Waals surface area contributed by atoms with Gasteiger partial charge in [0.25, 0.3) is 0 Å². The molecule has 1 aliphatic rings. The minimum atomic E-state index is -0.0369. The van der Waals surface area contributed by atoms with Gasteiger partial charge in [-0.15, -0.1) is 0 Å². The summed E-state index contributed by atoms with van der Waals surface area (Å²) < 4.78 is 0. The third-order valence-corrected chi connectivity index (χ3v) is 2.39. The molecule has 0 saturated heterocycles. The Hall–Kier alpha value is -1.05. The number of carbonyl (C=O) groups excluding carboxylic acids is 1. The maximum absolute atomic E-state index is 11.6. The fourth-order valence-corrected chi connectivity index (χ4v) is 1.21. The number of aromatic amines is 1. The lowest BCUT2D eigenvalue weighted by atomic mass is 10.0. The predicted octanol–water partition coefficient (Wildman–Crippen LogP) is 2.00. The maximum atomic E-state index is 11.6. The van der Waals surface area contributed by atoms with Crippen LogP contribution in [0.4, 0.5) is 0 Å². The molecule has 1 aliphatic carbocycles. The van der Waals surface area contributed by atoms with Crippen molar-refractivity contribution < 1.29 is 4.79 Å². The molecule has 0 aromatic carbocycles. The van der Waals surface area contributed by atoms with Crippen LogP contribution in [0.1, 0.15) is 30.3 Å². The Morgan fingerprint density at radius 3 is 2.82 bits per heavy atom. The summed E-state index contributed by atoms with van der Waals surface area (Å²) >= 11 is 0. The molecule has 0 aliphatic heterocycles. The molecule has 2 heteroatoms. The van der Waals surface area contributed by atoms with Crippen molar-refractivity contribution in [2.24, 2.45) is 5.41 Å². The summed E-state index contributed by atoms with van der Waals surface area (Å²) in [5.41, 5.74) is 0.718. The molecule has 1 fully saturated rings. The van der Waals surface area contributed by atoms with Gasteiger partial charge in [-0.25, -0.2) is 0 Å². The van der Waals surface area contributed by atoms with E-state index in [9.17, 15) is 4.79 Å². The van der Waals surface area contributed by atoms with E-state index in [0.717, 1.165) is 18.5 Å². The molecular weight excluding hydrogens is 138 g/mol. The average Bonchev–Trinajstić information content (AvgIpc) is 2.54. The van der Waals surface area contributed by atoms with Crippen LogP contribution in [0.5, 0.6) is 0 Å². The molecule has 1 N–H and O–H groups in total. The second kappa shape index (κ2) is 1.97. The largest absolute Gasteiger partial charge is 0.359 e. The van der Waals surface area contributed by atoms with Crippen molar-refractivity contribution in [2.75, 3.05) is 0 Å². The summed E-state index contributed by atoms with van der Waals surface area (Å²) in [5.74, 6) is 0.266. The highest BCUT2D eigenvalue weighted by molar-refractivity contribution is 6.00. The van der Waals surface area contributed by atoms with Gasteiger partial charge in [-0.2, -0.15) is 0 Å². The molecule has 2 nitrogen and oxygen atoms in total. The highest BCUT2D eigenvalue weighted by atomic mass is 16.1. The molecule has 1 aromatic heterocycles. The lowest BCUT2D eigenvalue weighted by molar-refractivity contribution is 0.0908. The molecule has 0 unspecified atom stereocenters. The van der Waals surface area contributed by atoms with Gasteiger partial charge in [0.1, 0.15) is 0 Å². The first-order valence-electron chi connectivity index (χ1n) is 3.91. The zero-order valence-electron chi connectivity index (χ0n) is 6.55. The van der Waals surface area contributed by atoms with Crippen molar-refractivity contribution in [3.05, 3.63) is 24.0 Å². The number of Topliss-reactive ketones (excluding diaryl/α,β-unsaturated/α-hetero) is 1. The van der Waals surface area contributed by atoms with Gasteiger partial charge in [-0.1, -0.05) is 6.92 Å². The van der Waals surface area contributed by atoms with Crippen LogP contribution in [0.15, 0.2) is 18.3 Å². The zero-order valence-corrected chi connectivity index (χ0v) is 6.55. The molecule has 0 bridgehead atoms. The monoisotopic (exact) mass is 149 g/mol. The summed E-state index contributed by atoms with van der Waals surface area (Å²) in [6, 6.07) is 3.70. The lowest BCUT2D eigenvalue weighted by Crippen LogP contribution is -2.11. The molecule has 58 valence electrons. The number of ketones is 1. The van der Waals surface area contributed by atoms with E-state index < -0.39 is 0 Å². The van der Waals surface area contributed by atoms with Crippen LogP contribution in [-0.2, 0) is 0 Å². The molecule has 1 heterocycles. The number of aromatic nitrogens is 1. The van der Waals surface area contributed by atoms with Gasteiger partial charge >= 0.3 is 0 Å². The van der Waals surface area contributed by atoms with Crippen LogP contribution in [0.3, 0.4) is 0 Å². The van der Waals surface area contributed by atoms with Crippen LogP contribution in [0.25, 0.3) is 0 Å². The first-order valence-corrected chi connectivity index (χ1v) is 3.91. The third kappa shape index (κ3) is 0.985. The third-order valence-electron chi connectivity index (χ3n) is 2.39. The van der Waals surface area contributed by atoms with E-state index in [-0.39, 0.29) is 11.2 Å². The SMILES string of the molecule is CC1(C(=O)c2ccc[nH]2)CC1. The Morgan fingerprint density at radius 1 is 1.64 bits per heavy atom. The van der Waals surface area contributed by atoms with Crippen LogP contribution in [0.2, 0.25) is 0 Å². The summed E-state index contributed by atoms with van der Waals surface area (Å²) in [6.45, 7) is 2.02. The van der Waals surface area contributed by atoms with Gasteiger partial charge in [0.15, 0.2) is 5.78 Å². The molecule has 0 spiro atoms. The van der Waals surface area contributed by atoms with E-state index in [1.165, 1.54) is 0 Å². The van der Waals surface area contributed by atoms with Crippen molar-refractivity contribution in [1.82, 2.24) is 4.98 Å². The Kier molecular flexibility index (Phi) is 1.19. The first kappa shape index (κ1) is 6.65. The van der Waals surface area contributed by atoms with Gasteiger partial charge in [-0.3, -0.25) is 4.79 Å². The number of rotatable bonds is 2. The van der Waals surface area contributed by atoms with Crippen molar-refractivity contribution in [3.63, 3.8) is 0 Å². The smallest absolute Gasteiger partial charge is 0.184 e. The Morgan fingerprint density at radius 2 is 2.36 bits per heavy atom. The van der Waals surface area contributed by atoms with Crippen LogP contribution < -0.4 is 0 Å². The van der Waals surface area contributed by atoms with Crippen molar-refractivity contribution >= 4 is 5.78 Å². The van der Waals surface area contributed by atoms with Crippen LogP contribution in [-0.4, -0.2) is 10.8 Å². The molecule has 0 atom stereocenters. The van der Waals surface area contributed by atoms with Gasteiger partial charge in [0.2, 0.25) is 0 Å². The van der Waals surface area contributed by atoms with Gasteiger partial charge in [-0.05, 0) is 25.0 Å². The molecular formula is C9H11NO. The predicted molar refractivity (Wildman–Crippen MR) is 42.5 cm³/mol. The zero-order chi connectivity index (χ0) is 7.90. The number of hydrogen-bond donors (Lipinski definition) is 1. The normalized spacial score (nSPS) is 19.7. The quantitative estimate of drug-likeness (QED) is 0.641. The Labute approximate surface area is 65.6 Å². The van der Waals surface area contributed by atoms with E-state index in [4.69, 9.17) is 0 Å². The fourth-order valence-electron chi connectivity index (χ4n) is 1.21. The van der Waals surface area contributed by atoms with Crippen molar-refractivity contribution in [2.45, 2.75) is 19.8 Å². The second-order valence-corrected chi connectivity index (χ2v) is 3.47. The topological polar surface area (TPSA) is 32.9 Å². The first-order chi connectivity index (χ1) is 5.22. The van der Waals surface area contributed by atoms with Crippen molar-refractivity contribution in [1.29, 1.82) is 0 Å². The fraction of sp³-hybridized carbons (Fsp3) is 0.444. The number of H-pyrrole nitrogens is 1. The molecule has 1 saturated carbocycles. The highest BCUT2D eigenvalue weighted by Crippen LogP contribution is 2.47. The van der Waals surface area contributed by atoms with Crippen LogP contribution in [0, 0.1) is 5.41 Å². The molecule has 0 radical (unpaired) electrons. The molecule has 1 aromatic rings. The Bertz CT molecular complexity index is 270. The minimum Gasteiger partial charge on any atom is -0.359 e. The number of hydrogen-bond acceptors (Lipinski definition) is 1. The molecule has 11 heavy (non-hydrogen) atoms. The highest BCUT2D eigenvalue weighted by Gasteiger charge is 2.45. The van der Waals surface area contributed by atoms with E-state index in [1.54, 1.807) is 6.20 Å². The van der Waals surface area contributed by atoms with Crippen molar-refractivity contribution in [3.8, 4) is 0 Å². The van der Waals surface area contributed by atoms with Gasteiger partial charge in [0.05, 0.1) is 5.69 Å². The Balaban J connectivity index is 2.24.